The fourth-order valence-electron chi connectivity index (χ4n) is 4.21. The zero-order chi connectivity index (χ0) is 17.7. The maximum absolute atomic E-state index is 5.48. The third-order valence-corrected chi connectivity index (χ3v) is 5.75. The molecular weight excluding hydrogens is 300 g/mol. The summed E-state index contributed by atoms with van der Waals surface area (Å²) in [6.07, 6.45) is 2.54. The van der Waals surface area contributed by atoms with E-state index in [-0.39, 0.29) is 0 Å². The van der Waals surface area contributed by atoms with Crippen LogP contribution in [0.15, 0.2) is 18.2 Å². The highest BCUT2D eigenvalue weighted by Crippen LogP contribution is 2.27. The lowest BCUT2D eigenvalue weighted by atomic mass is 9.88. The Labute approximate surface area is 147 Å². The van der Waals surface area contributed by atoms with Crippen molar-refractivity contribution in [1.82, 2.24) is 0 Å². The number of benzene rings is 1. The lowest BCUT2D eigenvalue weighted by Crippen LogP contribution is -3.21. The predicted octanol–water partition coefficient (Wildman–Crippen LogP) is 0.810. The van der Waals surface area contributed by atoms with Crippen LogP contribution in [0, 0.1) is 5.92 Å². The summed E-state index contributed by atoms with van der Waals surface area (Å²) in [6.45, 7) is 10.7. The van der Waals surface area contributed by atoms with Crippen LogP contribution in [0.1, 0.15) is 39.2 Å². The van der Waals surface area contributed by atoms with E-state index in [9.17, 15) is 0 Å². The van der Waals surface area contributed by atoms with Crippen molar-refractivity contribution in [3.05, 3.63) is 23.8 Å². The van der Waals surface area contributed by atoms with Crippen molar-refractivity contribution in [3.63, 3.8) is 0 Å². The third-order valence-electron chi connectivity index (χ3n) is 5.75. The number of ether oxygens (including phenoxy) is 2. The van der Waals surface area contributed by atoms with Gasteiger partial charge in [0, 0.05) is 5.56 Å². The molecule has 1 fully saturated rings. The molecule has 1 aliphatic rings. The van der Waals surface area contributed by atoms with Crippen molar-refractivity contribution in [2.45, 2.75) is 52.2 Å². The summed E-state index contributed by atoms with van der Waals surface area (Å²) >= 11 is 0. The minimum absolute atomic E-state index is 0.747. The first-order chi connectivity index (χ1) is 11.5. The lowest BCUT2D eigenvalue weighted by Gasteiger charge is -2.40. The zero-order valence-electron chi connectivity index (χ0n) is 16.3. The summed E-state index contributed by atoms with van der Waals surface area (Å²) < 4.78 is 10.8. The van der Waals surface area contributed by atoms with E-state index in [0.717, 1.165) is 36.0 Å². The largest absolute Gasteiger partial charge is 0.493 e. The van der Waals surface area contributed by atoms with Gasteiger partial charge in [-0.2, -0.15) is 0 Å². The molecule has 5 atom stereocenters. The van der Waals surface area contributed by atoms with Crippen LogP contribution in [0.3, 0.4) is 0 Å². The van der Waals surface area contributed by atoms with Gasteiger partial charge in [-0.05, 0) is 31.5 Å². The topological polar surface area (TPSA) is 27.3 Å². The Kier molecular flexibility index (Phi) is 6.93. The molecule has 1 saturated heterocycles. The van der Waals surface area contributed by atoms with Crippen molar-refractivity contribution in [2.24, 2.45) is 5.92 Å². The Morgan fingerprint density at radius 3 is 2.50 bits per heavy atom. The molecule has 24 heavy (non-hydrogen) atoms. The molecule has 1 aliphatic heterocycles. The summed E-state index contributed by atoms with van der Waals surface area (Å²) in [7, 11) is 5.74. The Bertz CT molecular complexity index is 520. The number of methoxy groups -OCH3 is 2. The van der Waals surface area contributed by atoms with Gasteiger partial charge < -0.3 is 19.3 Å². The van der Waals surface area contributed by atoms with E-state index in [1.54, 1.807) is 24.0 Å². The Morgan fingerprint density at radius 1 is 1.17 bits per heavy atom. The lowest BCUT2D eigenvalue weighted by molar-refractivity contribution is -0.975. The summed E-state index contributed by atoms with van der Waals surface area (Å²) in [5.41, 5.74) is 1.34. The Morgan fingerprint density at radius 2 is 1.88 bits per heavy atom. The quantitative estimate of drug-likeness (QED) is 0.771. The van der Waals surface area contributed by atoms with Crippen LogP contribution in [-0.4, -0.2) is 46.4 Å². The molecule has 4 nitrogen and oxygen atoms in total. The molecule has 0 radical (unpaired) electrons. The molecule has 4 heteroatoms. The second kappa shape index (κ2) is 8.72. The summed E-state index contributed by atoms with van der Waals surface area (Å²) in [5.74, 6) is 2.41. The monoisotopic (exact) mass is 336 g/mol. The summed E-state index contributed by atoms with van der Waals surface area (Å²) in [6, 6.07) is 7.86. The van der Waals surface area contributed by atoms with Crippen LogP contribution >= 0.6 is 0 Å². The molecule has 2 unspecified atom stereocenters. The standard InChI is InChI=1S/C20H34N2O2/c1-7-10-22(18-11-16(3)21(4)13-15(18)2)14-17-8-9-19(23-5)20(12-17)24-6/h8-9,12,15-16,18H,7,10-11,13-14H2,1-6H3/p+2/t15-,16-,18+/m0/s1. The first kappa shape index (κ1) is 19.1. The van der Waals surface area contributed by atoms with Crippen LogP contribution < -0.4 is 19.3 Å². The number of hydrogen-bond donors (Lipinski definition) is 2. The molecule has 1 aromatic rings. The van der Waals surface area contributed by atoms with Gasteiger partial charge in [0.25, 0.3) is 0 Å². The maximum Gasteiger partial charge on any atom is 0.161 e. The molecule has 0 bridgehead atoms. The van der Waals surface area contributed by atoms with E-state index >= 15 is 0 Å². The molecule has 0 spiro atoms. The van der Waals surface area contributed by atoms with Crippen LogP contribution in [0.25, 0.3) is 0 Å². The zero-order valence-corrected chi connectivity index (χ0v) is 16.3. The highest BCUT2D eigenvalue weighted by molar-refractivity contribution is 5.42. The molecule has 0 aromatic heterocycles. The van der Waals surface area contributed by atoms with Crippen molar-refractivity contribution in [1.29, 1.82) is 0 Å². The highest BCUT2D eigenvalue weighted by atomic mass is 16.5. The van der Waals surface area contributed by atoms with Crippen LogP contribution in [0.2, 0.25) is 0 Å². The van der Waals surface area contributed by atoms with E-state index in [4.69, 9.17) is 9.47 Å². The van der Waals surface area contributed by atoms with Gasteiger partial charge >= 0.3 is 0 Å². The number of piperidine rings is 1. The van der Waals surface area contributed by atoms with Gasteiger partial charge in [0.2, 0.25) is 0 Å². The number of hydrogen-bond acceptors (Lipinski definition) is 2. The van der Waals surface area contributed by atoms with Gasteiger partial charge in [-0.25, -0.2) is 0 Å². The van der Waals surface area contributed by atoms with E-state index in [2.05, 4.69) is 40.0 Å². The average molecular weight is 337 g/mol. The molecule has 2 N–H and O–H groups in total. The molecule has 0 amide bonds. The van der Waals surface area contributed by atoms with Crippen molar-refractivity contribution in [3.8, 4) is 11.5 Å². The first-order valence-electron chi connectivity index (χ1n) is 9.37. The number of quaternary nitrogens is 2. The van der Waals surface area contributed by atoms with E-state index in [0.29, 0.717) is 0 Å². The third kappa shape index (κ3) is 4.42. The smallest absolute Gasteiger partial charge is 0.161 e. The minimum Gasteiger partial charge on any atom is -0.493 e. The predicted molar refractivity (Wildman–Crippen MR) is 98.2 cm³/mol. The molecule has 136 valence electrons. The van der Waals surface area contributed by atoms with E-state index < -0.39 is 0 Å². The maximum atomic E-state index is 5.48. The fourth-order valence-corrected chi connectivity index (χ4v) is 4.21. The number of rotatable bonds is 7. The normalized spacial score (nSPS) is 28.4. The fraction of sp³-hybridized carbons (Fsp3) is 0.700. The first-order valence-corrected chi connectivity index (χ1v) is 9.37. The second-order valence-corrected chi connectivity index (χ2v) is 7.55. The van der Waals surface area contributed by atoms with Crippen molar-refractivity contribution < 1.29 is 19.3 Å². The molecule has 0 aliphatic carbocycles. The van der Waals surface area contributed by atoms with E-state index in [1.807, 2.05) is 6.07 Å². The van der Waals surface area contributed by atoms with Gasteiger partial charge in [0.05, 0.1) is 52.7 Å². The van der Waals surface area contributed by atoms with Crippen LogP contribution in [-0.2, 0) is 6.54 Å². The van der Waals surface area contributed by atoms with Gasteiger partial charge in [-0.1, -0.05) is 13.8 Å². The van der Waals surface area contributed by atoms with Gasteiger partial charge in [-0.3, -0.25) is 0 Å². The molecule has 1 aromatic carbocycles. The van der Waals surface area contributed by atoms with Gasteiger partial charge in [0.15, 0.2) is 11.5 Å². The molecule has 0 saturated carbocycles. The summed E-state index contributed by atoms with van der Waals surface area (Å²) in [5, 5.41) is 0. The molecular formula is C20H36N2O2+2. The number of nitrogens with one attached hydrogen (secondary N) is 2. The number of likely N-dealkylation sites (tertiary alicyclic amines) is 1. The van der Waals surface area contributed by atoms with Gasteiger partial charge in [-0.15, -0.1) is 0 Å². The Hall–Kier alpha value is -1.26. The SMILES string of the molecule is CCC[NH+](Cc1ccc(OC)c(OC)c1)[C@@H]1C[C@H](C)[NH+](C)C[C@@H]1C. The van der Waals surface area contributed by atoms with Crippen molar-refractivity contribution >= 4 is 0 Å². The summed E-state index contributed by atoms with van der Waals surface area (Å²) in [4.78, 5) is 3.40. The second-order valence-electron chi connectivity index (χ2n) is 7.55. The van der Waals surface area contributed by atoms with Crippen molar-refractivity contribution in [2.75, 3.05) is 34.4 Å². The molecule has 2 rings (SSSR count). The van der Waals surface area contributed by atoms with Crippen LogP contribution in [0.4, 0.5) is 0 Å². The minimum atomic E-state index is 0.747. The average Bonchev–Trinajstić information content (AvgIpc) is 2.57. The van der Waals surface area contributed by atoms with Gasteiger partial charge in [0.1, 0.15) is 12.6 Å². The highest BCUT2D eigenvalue weighted by Gasteiger charge is 2.38. The molecule has 1 heterocycles. The Balaban J connectivity index is 2.16. The van der Waals surface area contributed by atoms with Crippen LogP contribution in [0.5, 0.6) is 11.5 Å². The van der Waals surface area contributed by atoms with E-state index in [1.165, 1.54) is 31.5 Å².